The molecule has 6 nitrogen and oxygen atoms in total. The first-order valence-corrected chi connectivity index (χ1v) is 13.0. The summed E-state index contributed by atoms with van der Waals surface area (Å²) >= 11 is 0. The van der Waals surface area contributed by atoms with E-state index in [1.807, 2.05) is 90.7 Å². The van der Waals surface area contributed by atoms with Crippen molar-refractivity contribution in [1.29, 1.82) is 0 Å². The lowest BCUT2D eigenvalue weighted by atomic mass is 9.87. The van der Waals surface area contributed by atoms with Crippen molar-refractivity contribution in [3.05, 3.63) is 131 Å². The zero-order valence-corrected chi connectivity index (χ0v) is 21.4. The van der Waals surface area contributed by atoms with E-state index in [-0.39, 0.29) is 17.9 Å². The molecule has 1 aliphatic rings. The van der Waals surface area contributed by atoms with Gasteiger partial charge in [-0.2, -0.15) is 0 Å². The molecular formula is C32H31N3O3. The van der Waals surface area contributed by atoms with Gasteiger partial charge in [0.1, 0.15) is 5.75 Å². The number of nitrogens with one attached hydrogen (secondary N) is 1. The SMILES string of the molecule is CCC(Oc1ccc2c(c1)C(c1ccccc1)N(C(=O)c1ccccc1)CC2)C(=O)NCc1ccccn1. The minimum Gasteiger partial charge on any atom is -0.481 e. The number of ether oxygens (including phenoxy) is 1. The van der Waals surface area contributed by atoms with Gasteiger partial charge in [0.2, 0.25) is 0 Å². The molecule has 0 saturated carbocycles. The molecule has 5 rings (SSSR count). The van der Waals surface area contributed by atoms with Crippen LogP contribution in [0.5, 0.6) is 5.75 Å². The number of rotatable bonds is 8. The van der Waals surface area contributed by atoms with E-state index in [9.17, 15) is 9.59 Å². The Bertz CT molecular complexity index is 1380. The highest BCUT2D eigenvalue weighted by atomic mass is 16.5. The molecule has 6 heteroatoms. The number of nitrogens with zero attached hydrogens (tertiary/aromatic N) is 2. The van der Waals surface area contributed by atoms with Crippen molar-refractivity contribution in [3.8, 4) is 5.75 Å². The molecule has 2 heterocycles. The summed E-state index contributed by atoms with van der Waals surface area (Å²) in [6, 6.07) is 30.8. The molecule has 2 amide bonds. The second-order valence-electron chi connectivity index (χ2n) is 9.34. The smallest absolute Gasteiger partial charge is 0.261 e. The summed E-state index contributed by atoms with van der Waals surface area (Å²) in [7, 11) is 0. The minimum atomic E-state index is -0.641. The Morgan fingerprint density at radius 3 is 2.42 bits per heavy atom. The number of aromatic nitrogens is 1. The van der Waals surface area contributed by atoms with E-state index in [1.165, 1.54) is 5.56 Å². The molecule has 0 bridgehead atoms. The van der Waals surface area contributed by atoms with E-state index in [1.54, 1.807) is 6.20 Å². The van der Waals surface area contributed by atoms with Gasteiger partial charge < -0.3 is 15.0 Å². The van der Waals surface area contributed by atoms with Crippen LogP contribution in [0.3, 0.4) is 0 Å². The first kappa shape index (κ1) is 25.2. The fraction of sp³-hybridized carbons (Fsp3) is 0.219. The average molecular weight is 506 g/mol. The fourth-order valence-electron chi connectivity index (χ4n) is 4.91. The Kier molecular flexibility index (Phi) is 7.78. The third-order valence-corrected chi connectivity index (χ3v) is 6.85. The molecule has 0 fully saturated rings. The van der Waals surface area contributed by atoms with Gasteiger partial charge in [0.15, 0.2) is 6.10 Å². The molecule has 4 aromatic rings. The van der Waals surface area contributed by atoms with Crippen molar-refractivity contribution in [1.82, 2.24) is 15.2 Å². The number of benzene rings is 3. The summed E-state index contributed by atoms with van der Waals surface area (Å²) < 4.78 is 6.21. The summed E-state index contributed by atoms with van der Waals surface area (Å²) in [6.45, 7) is 2.89. The van der Waals surface area contributed by atoms with E-state index in [0.717, 1.165) is 23.2 Å². The largest absolute Gasteiger partial charge is 0.481 e. The molecule has 1 N–H and O–H groups in total. The molecule has 1 aromatic heterocycles. The van der Waals surface area contributed by atoms with Gasteiger partial charge >= 0.3 is 0 Å². The van der Waals surface area contributed by atoms with Gasteiger partial charge in [-0.1, -0.05) is 67.6 Å². The Labute approximate surface area is 223 Å². The number of carbonyl (C=O) groups is 2. The zero-order valence-electron chi connectivity index (χ0n) is 21.4. The Hall–Kier alpha value is -4.45. The number of fused-ring (bicyclic) bond motifs is 1. The van der Waals surface area contributed by atoms with Gasteiger partial charge in [-0.05, 0) is 65.9 Å². The van der Waals surface area contributed by atoms with Crippen LogP contribution in [0.4, 0.5) is 0 Å². The summed E-state index contributed by atoms with van der Waals surface area (Å²) in [5.41, 5.74) is 4.69. The lowest BCUT2D eigenvalue weighted by Gasteiger charge is -2.38. The van der Waals surface area contributed by atoms with Crippen LogP contribution >= 0.6 is 0 Å². The number of carbonyl (C=O) groups excluding carboxylic acids is 2. The monoisotopic (exact) mass is 505 g/mol. The molecule has 0 aliphatic carbocycles. The molecule has 38 heavy (non-hydrogen) atoms. The van der Waals surface area contributed by atoms with Gasteiger partial charge in [-0.3, -0.25) is 14.6 Å². The quantitative estimate of drug-likeness (QED) is 0.351. The van der Waals surface area contributed by atoms with Crippen LogP contribution in [0.15, 0.2) is 103 Å². The molecule has 0 saturated heterocycles. The second kappa shape index (κ2) is 11.7. The van der Waals surface area contributed by atoms with Gasteiger partial charge in [0, 0.05) is 18.3 Å². The minimum absolute atomic E-state index is 0.00300. The Morgan fingerprint density at radius 2 is 1.71 bits per heavy atom. The van der Waals surface area contributed by atoms with Crippen LogP contribution in [0.25, 0.3) is 0 Å². The van der Waals surface area contributed by atoms with Crippen molar-refractivity contribution in [2.75, 3.05) is 6.54 Å². The molecule has 1 aliphatic heterocycles. The molecule has 2 unspecified atom stereocenters. The standard InChI is InChI=1S/C32H31N3O3/c1-2-29(31(36)34-22-26-15-9-10-19-33-26)38-27-17-16-23-18-20-35(32(37)25-13-7-4-8-14-25)30(28(23)21-27)24-11-5-3-6-12-24/h3-17,19,21,29-30H,2,18,20,22H2,1H3,(H,34,36). The predicted octanol–water partition coefficient (Wildman–Crippen LogP) is 5.34. The van der Waals surface area contributed by atoms with Gasteiger partial charge in [-0.25, -0.2) is 0 Å². The second-order valence-corrected chi connectivity index (χ2v) is 9.34. The van der Waals surface area contributed by atoms with Crippen molar-refractivity contribution in [2.45, 2.75) is 38.5 Å². The van der Waals surface area contributed by atoms with E-state index < -0.39 is 6.10 Å². The van der Waals surface area contributed by atoms with Crippen LogP contribution in [0.1, 0.15) is 52.1 Å². The first-order chi connectivity index (χ1) is 18.6. The van der Waals surface area contributed by atoms with E-state index in [4.69, 9.17) is 4.74 Å². The van der Waals surface area contributed by atoms with Crippen LogP contribution < -0.4 is 10.1 Å². The summed E-state index contributed by atoms with van der Waals surface area (Å²) in [5.74, 6) is 0.423. The molecule has 3 aromatic carbocycles. The fourth-order valence-corrected chi connectivity index (χ4v) is 4.91. The Balaban J connectivity index is 1.41. The van der Waals surface area contributed by atoms with Crippen LogP contribution in [0.2, 0.25) is 0 Å². The highest BCUT2D eigenvalue weighted by molar-refractivity contribution is 5.95. The maximum atomic E-state index is 13.6. The molecule has 192 valence electrons. The summed E-state index contributed by atoms with van der Waals surface area (Å²) in [6.07, 6.45) is 2.33. The lowest BCUT2D eigenvalue weighted by molar-refractivity contribution is -0.128. The molecule has 2 atom stereocenters. The van der Waals surface area contributed by atoms with Crippen LogP contribution in [-0.4, -0.2) is 34.3 Å². The molecule has 0 spiro atoms. The topological polar surface area (TPSA) is 71.5 Å². The Morgan fingerprint density at radius 1 is 0.974 bits per heavy atom. The van der Waals surface area contributed by atoms with Crippen molar-refractivity contribution in [2.24, 2.45) is 0 Å². The highest BCUT2D eigenvalue weighted by Crippen LogP contribution is 2.38. The van der Waals surface area contributed by atoms with Crippen molar-refractivity contribution < 1.29 is 14.3 Å². The zero-order chi connectivity index (χ0) is 26.3. The van der Waals surface area contributed by atoms with Crippen molar-refractivity contribution in [3.63, 3.8) is 0 Å². The summed E-state index contributed by atoms with van der Waals surface area (Å²) in [5, 5.41) is 2.93. The maximum Gasteiger partial charge on any atom is 0.261 e. The number of hydrogen-bond donors (Lipinski definition) is 1. The average Bonchev–Trinajstić information content (AvgIpc) is 2.99. The third kappa shape index (κ3) is 5.59. The normalized spacial score (nSPS) is 15.3. The highest BCUT2D eigenvalue weighted by Gasteiger charge is 2.33. The number of pyridine rings is 1. The van der Waals surface area contributed by atoms with E-state index in [0.29, 0.717) is 30.8 Å². The first-order valence-electron chi connectivity index (χ1n) is 13.0. The maximum absolute atomic E-state index is 13.6. The van der Waals surface area contributed by atoms with E-state index in [2.05, 4.69) is 28.5 Å². The molecule has 0 radical (unpaired) electrons. The van der Waals surface area contributed by atoms with Gasteiger partial charge in [0.25, 0.3) is 11.8 Å². The van der Waals surface area contributed by atoms with Gasteiger partial charge in [0.05, 0.1) is 18.3 Å². The third-order valence-electron chi connectivity index (χ3n) is 6.85. The van der Waals surface area contributed by atoms with E-state index >= 15 is 0 Å². The predicted molar refractivity (Wildman–Crippen MR) is 147 cm³/mol. The number of hydrogen-bond acceptors (Lipinski definition) is 4. The lowest BCUT2D eigenvalue weighted by Crippen LogP contribution is -2.41. The molecular weight excluding hydrogens is 474 g/mol. The van der Waals surface area contributed by atoms with Crippen LogP contribution in [0, 0.1) is 0 Å². The van der Waals surface area contributed by atoms with Crippen LogP contribution in [-0.2, 0) is 17.8 Å². The summed E-state index contributed by atoms with van der Waals surface area (Å²) in [4.78, 5) is 32.7. The van der Waals surface area contributed by atoms with Gasteiger partial charge in [-0.15, -0.1) is 0 Å². The number of amides is 2. The van der Waals surface area contributed by atoms with Crippen molar-refractivity contribution >= 4 is 11.8 Å².